The molecular weight excluding hydrogens is 419 g/mol. The molecule has 2 aliphatic rings. The topological polar surface area (TPSA) is 60.2 Å². The van der Waals surface area contributed by atoms with Crippen LogP contribution in [0.15, 0.2) is 61.1 Å². The van der Waals surface area contributed by atoms with Crippen molar-refractivity contribution in [3.8, 4) is 17.1 Å². The minimum absolute atomic E-state index is 0.0109. The van der Waals surface area contributed by atoms with Crippen molar-refractivity contribution in [2.75, 3.05) is 26.3 Å². The van der Waals surface area contributed by atoms with E-state index in [1.165, 1.54) is 24.5 Å². The monoisotopic (exact) mass is 442 g/mol. The van der Waals surface area contributed by atoms with Crippen LogP contribution in [0.25, 0.3) is 28.0 Å². The van der Waals surface area contributed by atoms with Crippen LogP contribution in [0.2, 0.25) is 0 Å². The molecule has 1 aliphatic heterocycles. The van der Waals surface area contributed by atoms with E-state index in [-0.39, 0.29) is 11.7 Å². The summed E-state index contributed by atoms with van der Waals surface area (Å²) in [7, 11) is 0. The Morgan fingerprint density at radius 2 is 1.79 bits per heavy atom. The van der Waals surface area contributed by atoms with E-state index >= 15 is 0 Å². The second kappa shape index (κ2) is 8.08. The largest absolute Gasteiger partial charge is 0.378 e. The number of halogens is 1. The Balaban J connectivity index is 1.41. The molecule has 2 fully saturated rings. The van der Waals surface area contributed by atoms with Gasteiger partial charge in [-0.2, -0.15) is 0 Å². The van der Waals surface area contributed by atoms with E-state index in [0.29, 0.717) is 54.9 Å². The third kappa shape index (κ3) is 3.68. The molecule has 4 aromatic rings. The first-order valence-electron chi connectivity index (χ1n) is 11.3. The highest BCUT2D eigenvalue weighted by Crippen LogP contribution is 2.44. The number of hydrogen-bond donors (Lipinski definition) is 0. The van der Waals surface area contributed by atoms with Crippen LogP contribution >= 0.6 is 0 Å². The summed E-state index contributed by atoms with van der Waals surface area (Å²) < 4.78 is 21.5. The Labute approximate surface area is 190 Å². The molecule has 1 saturated carbocycles. The van der Waals surface area contributed by atoms with Gasteiger partial charge in [0.05, 0.1) is 18.7 Å². The number of nitrogens with zero attached hydrogens (tertiary/aromatic N) is 4. The first-order chi connectivity index (χ1) is 16.2. The number of ether oxygens (including phenoxy) is 1. The van der Waals surface area contributed by atoms with E-state index in [9.17, 15) is 9.18 Å². The van der Waals surface area contributed by atoms with Crippen molar-refractivity contribution in [3.05, 3.63) is 78.0 Å². The molecule has 0 atom stereocenters. The fourth-order valence-electron chi connectivity index (χ4n) is 4.50. The van der Waals surface area contributed by atoms with Gasteiger partial charge in [0.1, 0.15) is 5.82 Å². The van der Waals surface area contributed by atoms with E-state index in [4.69, 9.17) is 4.74 Å². The van der Waals surface area contributed by atoms with Crippen LogP contribution in [0.3, 0.4) is 0 Å². The molecule has 3 heterocycles. The Hall–Kier alpha value is -3.58. The molecule has 0 unspecified atom stereocenters. The van der Waals surface area contributed by atoms with E-state index in [1.807, 2.05) is 27.7 Å². The van der Waals surface area contributed by atoms with Crippen molar-refractivity contribution < 1.29 is 13.9 Å². The summed E-state index contributed by atoms with van der Waals surface area (Å²) in [5, 5.41) is 1.12. The van der Waals surface area contributed by atoms with Crippen LogP contribution in [-0.4, -0.2) is 51.6 Å². The third-order valence-electron chi connectivity index (χ3n) is 6.44. The van der Waals surface area contributed by atoms with Crippen molar-refractivity contribution in [1.29, 1.82) is 0 Å². The third-order valence-corrected chi connectivity index (χ3v) is 6.44. The van der Waals surface area contributed by atoms with Crippen molar-refractivity contribution >= 4 is 16.8 Å². The summed E-state index contributed by atoms with van der Waals surface area (Å²) >= 11 is 0. The maximum Gasteiger partial charge on any atom is 0.254 e. The zero-order valence-electron chi connectivity index (χ0n) is 18.1. The lowest BCUT2D eigenvalue weighted by molar-refractivity contribution is 0.0303. The molecule has 0 N–H and O–H groups in total. The van der Waals surface area contributed by atoms with E-state index in [1.54, 1.807) is 30.6 Å². The molecule has 166 valence electrons. The van der Waals surface area contributed by atoms with Crippen LogP contribution in [0.1, 0.15) is 34.7 Å². The predicted octanol–water partition coefficient (Wildman–Crippen LogP) is 4.58. The number of benzene rings is 2. The minimum Gasteiger partial charge on any atom is -0.378 e. The number of amides is 1. The normalized spacial score (nSPS) is 16.3. The SMILES string of the molecule is O=C(c1ccc2c(C3CC3)cn(-c3ncc(-c4ccccc4F)cn3)c2c1)N1CCOCC1. The fraction of sp³-hybridized carbons (Fsp3) is 0.269. The quantitative estimate of drug-likeness (QED) is 0.464. The van der Waals surface area contributed by atoms with Gasteiger partial charge in [0, 0.05) is 53.8 Å². The summed E-state index contributed by atoms with van der Waals surface area (Å²) in [4.78, 5) is 24.0. The lowest BCUT2D eigenvalue weighted by Gasteiger charge is -2.26. The van der Waals surface area contributed by atoms with E-state index in [0.717, 1.165) is 10.9 Å². The maximum absolute atomic E-state index is 14.2. The summed E-state index contributed by atoms with van der Waals surface area (Å²) in [6.07, 6.45) is 7.71. The number of hydrogen-bond acceptors (Lipinski definition) is 4. The molecule has 2 aromatic carbocycles. The molecule has 7 heteroatoms. The smallest absolute Gasteiger partial charge is 0.254 e. The summed E-state index contributed by atoms with van der Waals surface area (Å²) in [5.74, 6) is 0.745. The zero-order chi connectivity index (χ0) is 22.4. The lowest BCUT2D eigenvalue weighted by atomic mass is 10.1. The van der Waals surface area contributed by atoms with Gasteiger partial charge in [-0.05, 0) is 42.5 Å². The fourth-order valence-corrected chi connectivity index (χ4v) is 4.50. The number of morpholine rings is 1. The van der Waals surface area contributed by atoms with Crippen molar-refractivity contribution in [2.24, 2.45) is 0 Å². The zero-order valence-corrected chi connectivity index (χ0v) is 18.1. The summed E-state index contributed by atoms with van der Waals surface area (Å²) in [6.45, 7) is 2.34. The van der Waals surface area contributed by atoms with Gasteiger partial charge in [-0.1, -0.05) is 24.3 Å². The molecule has 0 bridgehead atoms. The standard InChI is InChI=1S/C26H23FN4O2/c27-23-4-2-1-3-20(23)19-14-28-26(29-15-19)31-16-22(17-5-6-17)21-8-7-18(13-24(21)31)25(32)30-9-11-33-12-10-30/h1-4,7-8,13-17H,5-6,9-12H2. The van der Waals surface area contributed by atoms with Crippen LogP contribution in [0.4, 0.5) is 4.39 Å². The van der Waals surface area contributed by atoms with Gasteiger partial charge >= 0.3 is 0 Å². The van der Waals surface area contributed by atoms with Crippen LogP contribution in [-0.2, 0) is 4.74 Å². The molecule has 0 radical (unpaired) electrons. The van der Waals surface area contributed by atoms with Crippen molar-refractivity contribution in [1.82, 2.24) is 19.4 Å². The molecule has 33 heavy (non-hydrogen) atoms. The van der Waals surface area contributed by atoms with Gasteiger partial charge in [0.2, 0.25) is 5.95 Å². The molecule has 1 saturated heterocycles. The molecule has 2 aromatic heterocycles. The molecule has 0 spiro atoms. The molecule has 1 amide bonds. The molecule has 6 rings (SSSR count). The van der Waals surface area contributed by atoms with Crippen molar-refractivity contribution in [2.45, 2.75) is 18.8 Å². The number of carbonyl (C=O) groups is 1. The van der Waals surface area contributed by atoms with Crippen LogP contribution in [0, 0.1) is 5.82 Å². The Kier molecular flexibility index (Phi) is 4.91. The highest BCUT2D eigenvalue weighted by molar-refractivity contribution is 5.99. The Morgan fingerprint density at radius 3 is 2.52 bits per heavy atom. The number of rotatable bonds is 4. The second-order valence-electron chi connectivity index (χ2n) is 8.62. The van der Waals surface area contributed by atoms with Crippen LogP contribution in [0.5, 0.6) is 0 Å². The van der Waals surface area contributed by atoms with E-state index in [2.05, 4.69) is 16.2 Å². The lowest BCUT2D eigenvalue weighted by Crippen LogP contribution is -2.40. The average Bonchev–Trinajstić information content (AvgIpc) is 3.65. The highest BCUT2D eigenvalue weighted by atomic mass is 19.1. The number of aromatic nitrogens is 3. The predicted molar refractivity (Wildman–Crippen MR) is 123 cm³/mol. The van der Waals surface area contributed by atoms with Gasteiger partial charge in [-0.3, -0.25) is 9.36 Å². The number of carbonyl (C=O) groups excluding carboxylic acids is 1. The highest BCUT2D eigenvalue weighted by Gasteiger charge is 2.28. The average molecular weight is 442 g/mol. The van der Waals surface area contributed by atoms with Gasteiger partial charge < -0.3 is 9.64 Å². The summed E-state index contributed by atoms with van der Waals surface area (Å²) in [6, 6.07) is 12.5. The Bertz CT molecular complexity index is 1340. The maximum atomic E-state index is 14.2. The molecular formula is C26H23FN4O2. The number of fused-ring (bicyclic) bond motifs is 1. The first kappa shape index (κ1) is 20.1. The Morgan fingerprint density at radius 1 is 1.03 bits per heavy atom. The summed E-state index contributed by atoms with van der Waals surface area (Å²) in [5.41, 5.74) is 3.92. The molecule has 1 aliphatic carbocycles. The van der Waals surface area contributed by atoms with E-state index < -0.39 is 0 Å². The molecule has 6 nitrogen and oxygen atoms in total. The van der Waals surface area contributed by atoms with Crippen molar-refractivity contribution in [3.63, 3.8) is 0 Å². The van der Waals surface area contributed by atoms with Crippen LogP contribution < -0.4 is 0 Å². The second-order valence-corrected chi connectivity index (χ2v) is 8.62. The van der Waals surface area contributed by atoms with Gasteiger partial charge in [0.25, 0.3) is 5.91 Å². The van der Waals surface area contributed by atoms with Gasteiger partial charge in [-0.25, -0.2) is 14.4 Å². The minimum atomic E-state index is -0.303. The van der Waals surface area contributed by atoms with Gasteiger partial charge in [-0.15, -0.1) is 0 Å². The van der Waals surface area contributed by atoms with Gasteiger partial charge in [0.15, 0.2) is 0 Å². The first-order valence-corrected chi connectivity index (χ1v) is 11.3.